The van der Waals surface area contributed by atoms with Crippen LogP contribution in [0.1, 0.15) is 41.3 Å². The van der Waals surface area contributed by atoms with E-state index in [-0.39, 0.29) is 11.5 Å². The molecule has 0 N–H and O–H groups in total. The van der Waals surface area contributed by atoms with Crippen LogP contribution in [0, 0.1) is 0 Å². The summed E-state index contributed by atoms with van der Waals surface area (Å²) in [5.41, 5.74) is 4.35. The molecule has 0 unspecified atom stereocenters. The first kappa shape index (κ1) is 21.2. The van der Waals surface area contributed by atoms with E-state index in [0.717, 1.165) is 55.9 Å². The fourth-order valence-corrected chi connectivity index (χ4v) is 4.23. The SMILES string of the molecule is COc1cc2c(cc1OC)CN(CCCCn1c(=O)oc3cc(C(C)=O)ccc31)CC2. The highest BCUT2D eigenvalue weighted by Crippen LogP contribution is 2.33. The number of ketones is 1. The third kappa shape index (κ3) is 4.37. The van der Waals surface area contributed by atoms with Crippen LogP contribution >= 0.6 is 0 Å². The zero-order valence-electron chi connectivity index (χ0n) is 18.3. The van der Waals surface area contributed by atoms with E-state index < -0.39 is 0 Å². The van der Waals surface area contributed by atoms with Crippen molar-refractivity contribution in [3.8, 4) is 11.5 Å². The number of benzene rings is 2. The number of aromatic nitrogens is 1. The van der Waals surface area contributed by atoms with Crippen molar-refractivity contribution in [2.24, 2.45) is 0 Å². The van der Waals surface area contributed by atoms with Gasteiger partial charge in [0, 0.05) is 25.2 Å². The van der Waals surface area contributed by atoms with Gasteiger partial charge in [-0.15, -0.1) is 0 Å². The maximum absolute atomic E-state index is 12.2. The fourth-order valence-electron chi connectivity index (χ4n) is 4.23. The molecule has 2 aromatic carbocycles. The van der Waals surface area contributed by atoms with Gasteiger partial charge in [-0.25, -0.2) is 4.79 Å². The molecular weight excluding hydrogens is 396 g/mol. The Morgan fingerprint density at radius 2 is 1.74 bits per heavy atom. The van der Waals surface area contributed by atoms with E-state index in [1.165, 1.54) is 18.1 Å². The Hall–Kier alpha value is -3.06. The number of fused-ring (bicyclic) bond motifs is 2. The third-order valence-electron chi connectivity index (χ3n) is 5.98. The first-order chi connectivity index (χ1) is 15.0. The molecule has 7 heteroatoms. The van der Waals surface area contributed by atoms with Crippen molar-refractivity contribution in [1.29, 1.82) is 0 Å². The molecule has 0 radical (unpaired) electrons. The van der Waals surface area contributed by atoms with Crippen LogP contribution in [0.5, 0.6) is 11.5 Å². The molecule has 1 aliphatic rings. The summed E-state index contributed by atoms with van der Waals surface area (Å²) in [7, 11) is 3.32. The number of carbonyl (C=O) groups excluding carboxylic acids is 1. The van der Waals surface area contributed by atoms with Crippen LogP contribution in [0.15, 0.2) is 39.5 Å². The minimum atomic E-state index is -0.372. The monoisotopic (exact) mass is 424 g/mol. The average molecular weight is 424 g/mol. The minimum Gasteiger partial charge on any atom is -0.493 e. The van der Waals surface area contributed by atoms with E-state index in [2.05, 4.69) is 17.0 Å². The van der Waals surface area contributed by atoms with Crippen LogP contribution in [0.25, 0.3) is 11.1 Å². The molecule has 0 saturated carbocycles. The number of ether oxygens (including phenoxy) is 2. The van der Waals surface area contributed by atoms with Gasteiger partial charge in [-0.2, -0.15) is 0 Å². The van der Waals surface area contributed by atoms with Gasteiger partial charge < -0.3 is 13.9 Å². The fraction of sp³-hybridized carbons (Fsp3) is 0.417. The van der Waals surface area contributed by atoms with Gasteiger partial charge in [0.1, 0.15) is 0 Å². The normalized spacial score (nSPS) is 13.9. The van der Waals surface area contributed by atoms with Crippen LogP contribution in [0.3, 0.4) is 0 Å². The Labute approximate surface area is 181 Å². The number of hydrogen-bond donors (Lipinski definition) is 0. The summed E-state index contributed by atoms with van der Waals surface area (Å²) in [4.78, 5) is 26.2. The number of aryl methyl sites for hydroxylation is 1. The van der Waals surface area contributed by atoms with Crippen molar-refractivity contribution < 1.29 is 18.7 Å². The molecule has 7 nitrogen and oxygen atoms in total. The number of rotatable bonds is 8. The first-order valence-electron chi connectivity index (χ1n) is 10.6. The predicted molar refractivity (Wildman–Crippen MR) is 118 cm³/mol. The van der Waals surface area contributed by atoms with Crippen molar-refractivity contribution in [1.82, 2.24) is 9.47 Å². The van der Waals surface area contributed by atoms with Gasteiger partial charge >= 0.3 is 5.76 Å². The van der Waals surface area contributed by atoms with E-state index in [4.69, 9.17) is 13.9 Å². The molecule has 0 fully saturated rings. The molecule has 0 saturated heterocycles. The van der Waals surface area contributed by atoms with E-state index in [1.807, 2.05) is 0 Å². The largest absolute Gasteiger partial charge is 0.493 e. The maximum Gasteiger partial charge on any atom is 0.419 e. The summed E-state index contributed by atoms with van der Waals surface area (Å²) in [6.07, 6.45) is 2.84. The molecule has 31 heavy (non-hydrogen) atoms. The molecule has 0 aliphatic carbocycles. The van der Waals surface area contributed by atoms with Crippen LogP contribution in [-0.2, 0) is 19.5 Å². The zero-order valence-corrected chi connectivity index (χ0v) is 18.3. The molecule has 4 rings (SSSR count). The molecular formula is C24H28N2O5. The van der Waals surface area contributed by atoms with E-state index in [9.17, 15) is 9.59 Å². The number of hydrogen-bond acceptors (Lipinski definition) is 6. The number of carbonyl (C=O) groups is 1. The van der Waals surface area contributed by atoms with Crippen molar-refractivity contribution >= 4 is 16.9 Å². The number of nitrogens with zero attached hydrogens (tertiary/aromatic N) is 2. The molecule has 0 amide bonds. The Morgan fingerprint density at radius 1 is 1.03 bits per heavy atom. The molecule has 2 heterocycles. The van der Waals surface area contributed by atoms with Crippen LogP contribution in [0.4, 0.5) is 0 Å². The summed E-state index contributed by atoms with van der Waals surface area (Å²) in [5.74, 6) is 1.13. The highest BCUT2D eigenvalue weighted by atomic mass is 16.5. The summed E-state index contributed by atoms with van der Waals surface area (Å²) in [5, 5.41) is 0. The highest BCUT2D eigenvalue weighted by Gasteiger charge is 2.19. The number of unbranched alkanes of at least 4 members (excludes halogenated alkanes) is 1. The molecule has 164 valence electrons. The lowest BCUT2D eigenvalue weighted by Gasteiger charge is -2.29. The molecule has 0 spiro atoms. The van der Waals surface area contributed by atoms with Crippen molar-refractivity contribution in [2.45, 2.75) is 39.3 Å². The number of Topliss-reactive ketones (excluding diaryl/α,β-unsaturated/α-hetero) is 1. The van der Waals surface area contributed by atoms with E-state index in [0.29, 0.717) is 17.7 Å². The van der Waals surface area contributed by atoms with E-state index in [1.54, 1.807) is 37.0 Å². The maximum atomic E-state index is 12.2. The molecule has 0 atom stereocenters. The second kappa shape index (κ2) is 8.98. The summed E-state index contributed by atoms with van der Waals surface area (Å²) < 4.78 is 17.8. The molecule has 0 bridgehead atoms. The van der Waals surface area contributed by atoms with Crippen molar-refractivity contribution in [3.63, 3.8) is 0 Å². The summed E-state index contributed by atoms with van der Waals surface area (Å²) in [6, 6.07) is 9.33. The first-order valence-corrected chi connectivity index (χ1v) is 10.6. The van der Waals surface area contributed by atoms with Crippen molar-refractivity contribution in [3.05, 3.63) is 57.6 Å². The second-order valence-corrected chi connectivity index (χ2v) is 7.97. The van der Waals surface area contributed by atoms with Crippen LogP contribution in [0.2, 0.25) is 0 Å². The van der Waals surface area contributed by atoms with Gasteiger partial charge in [0.2, 0.25) is 0 Å². The average Bonchev–Trinajstić information content (AvgIpc) is 3.09. The molecule has 1 aliphatic heterocycles. The lowest BCUT2D eigenvalue weighted by molar-refractivity contribution is 0.101. The number of oxazole rings is 1. The Bertz CT molecular complexity index is 1160. The molecule has 1 aromatic heterocycles. The predicted octanol–water partition coefficient (Wildman–Crippen LogP) is 3.65. The lowest BCUT2D eigenvalue weighted by atomic mass is 9.98. The Balaban J connectivity index is 1.35. The minimum absolute atomic E-state index is 0.0449. The number of methoxy groups -OCH3 is 2. The van der Waals surface area contributed by atoms with Gasteiger partial charge in [0.15, 0.2) is 22.9 Å². The van der Waals surface area contributed by atoms with Gasteiger partial charge in [0.25, 0.3) is 0 Å². The quantitative estimate of drug-likeness (QED) is 0.406. The van der Waals surface area contributed by atoms with Gasteiger partial charge in [-0.1, -0.05) is 0 Å². The third-order valence-corrected chi connectivity index (χ3v) is 5.98. The Morgan fingerprint density at radius 3 is 2.45 bits per heavy atom. The summed E-state index contributed by atoms with van der Waals surface area (Å²) >= 11 is 0. The van der Waals surface area contributed by atoms with Gasteiger partial charge in [-0.05, 0) is 74.2 Å². The molecule has 3 aromatic rings. The van der Waals surface area contributed by atoms with Gasteiger partial charge in [-0.3, -0.25) is 14.3 Å². The summed E-state index contributed by atoms with van der Waals surface area (Å²) in [6.45, 7) is 4.96. The smallest absolute Gasteiger partial charge is 0.419 e. The lowest BCUT2D eigenvalue weighted by Crippen LogP contribution is -2.31. The second-order valence-electron chi connectivity index (χ2n) is 7.97. The topological polar surface area (TPSA) is 73.9 Å². The highest BCUT2D eigenvalue weighted by molar-refractivity contribution is 5.96. The van der Waals surface area contributed by atoms with E-state index >= 15 is 0 Å². The van der Waals surface area contributed by atoms with Gasteiger partial charge in [0.05, 0.1) is 19.7 Å². The standard InChI is InChI=1S/C24H28N2O5/c1-16(27)17-6-7-20-21(12-17)31-24(28)26(20)10-5-4-9-25-11-8-18-13-22(29-2)23(30-3)14-19(18)15-25/h6-7,12-14H,4-5,8-11,15H2,1-3H3. The Kier molecular flexibility index (Phi) is 6.13. The zero-order chi connectivity index (χ0) is 22.0. The van der Waals surface area contributed by atoms with Crippen LogP contribution in [-0.4, -0.2) is 42.6 Å². The van der Waals surface area contributed by atoms with Crippen molar-refractivity contribution in [2.75, 3.05) is 27.3 Å². The van der Waals surface area contributed by atoms with Crippen LogP contribution < -0.4 is 15.2 Å².